The highest BCUT2D eigenvalue weighted by Crippen LogP contribution is 2.26. The fourth-order valence-electron chi connectivity index (χ4n) is 2.79. The van der Waals surface area contributed by atoms with E-state index in [4.69, 9.17) is 4.98 Å². The summed E-state index contributed by atoms with van der Waals surface area (Å²) in [5, 5.41) is 7.21. The standard InChI is InChI=1S/C16H20N4O/c1-11-16(21)18-7-8-20(11)15-13(10-17-2)9-12-5-3-4-6-14(12)19-15/h3-6,9,11,17H,7-8,10H2,1-2H3,(H,18,21). The molecule has 0 radical (unpaired) electrons. The first kappa shape index (κ1) is 13.8. The van der Waals surface area contributed by atoms with Gasteiger partial charge in [0.25, 0.3) is 0 Å². The Bertz CT molecular complexity index is 670. The summed E-state index contributed by atoms with van der Waals surface area (Å²) in [6, 6.07) is 10.1. The highest BCUT2D eigenvalue weighted by molar-refractivity contribution is 5.87. The number of hydrogen-bond acceptors (Lipinski definition) is 4. The molecule has 1 fully saturated rings. The maximum Gasteiger partial charge on any atom is 0.242 e. The van der Waals surface area contributed by atoms with E-state index in [9.17, 15) is 4.79 Å². The summed E-state index contributed by atoms with van der Waals surface area (Å²) in [5.74, 6) is 0.969. The first-order valence-corrected chi connectivity index (χ1v) is 7.28. The third-order valence-electron chi connectivity index (χ3n) is 3.92. The van der Waals surface area contributed by atoms with E-state index in [1.165, 1.54) is 0 Å². The van der Waals surface area contributed by atoms with Gasteiger partial charge in [0.2, 0.25) is 5.91 Å². The molecule has 2 aromatic rings. The van der Waals surface area contributed by atoms with Crippen LogP contribution in [0.15, 0.2) is 30.3 Å². The molecule has 1 atom stereocenters. The Morgan fingerprint density at radius 1 is 1.43 bits per heavy atom. The second kappa shape index (κ2) is 5.69. The summed E-state index contributed by atoms with van der Waals surface area (Å²) >= 11 is 0. The maximum absolute atomic E-state index is 11.9. The normalized spacial score (nSPS) is 18.9. The number of carbonyl (C=O) groups is 1. The number of fused-ring (bicyclic) bond motifs is 1. The van der Waals surface area contributed by atoms with Crippen LogP contribution in [0.4, 0.5) is 5.82 Å². The lowest BCUT2D eigenvalue weighted by atomic mass is 10.1. The molecule has 1 aromatic heterocycles. The molecule has 0 bridgehead atoms. The van der Waals surface area contributed by atoms with E-state index in [0.29, 0.717) is 6.54 Å². The molecule has 1 aliphatic rings. The molecule has 3 rings (SSSR count). The Morgan fingerprint density at radius 3 is 3.05 bits per heavy atom. The summed E-state index contributed by atoms with van der Waals surface area (Å²) in [6.07, 6.45) is 0. The van der Waals surface area contributed by atoms with Crippen molar-refractivity contribution in [3.63, 3.8) is 0 Å². The highest BCUT2D eigenvalue weighted by atomic mass is 16.2. The lowest BCUT2D eigenvalue weighted by Gasteiger charge is -2.35. The fourth-order valence-corrected chi connectivity index (χ4v) is 2.79. The van der Waals surface area contributed by atoms with Gasteiger partial charge in [0.1, 0.15) is 11.9 Å². The van der Waals surface area contributed by atoms with Gasteiger partial charge in [-0.3, -0.25) is 4.79 Å². The third-order valence-corrected chi connectivity index (χ3v) is 3.92. The van der Waals surface area contributed by atoms with Crippen LogP contribution in [0.1, 0.15) is 12.5 Å². The van der Waals surface area contributed by atoms with E-state index in [0.717, 1.165) is 35.4 Å². The number of nitrogens with zero attached hydrogens (tertiary/aromatic N) is 2. The van der Waals surface area contributed by atoms with Crippen molar-refractivity contribution in [2.45, 2.75) is 19.5 Å². The van der Waals surface area contributed by atoms with Gasteiger partial charge < -0.3 is 15.5 Å². The average Bonchev–Trinajstić information content (AvgIpc) is 2.50. The number of nitrogens with one attached hydrogen (secondary N) is 2. The monoisotopic (exact) mass is 284 g/mol. The molecule has 1 unspecified atom stereocenters. The topological polar surface area (TPSA) is 57.3 Å². The van der Waals surface area contributed by atoms with Crippen LogP contribution < -0.4 is 15.5 Å². The van der Waals surface area contributed by atoms with Gasteiger partial charge in [-0.05, 0) is 26.1 Å². The van der Waals surface area contributed by atoms with Crippen LogP contribution in [-0.4, -0.2) is 37.1 Å². The molecule has 0 spiro atoms. The van der Waals surface area contributed by atoms with Gasteiger partial charge in [-0.2, -0.15) is 0 Å². The molecule has 1 aromatic carbocycles. The highest BCUT2D eigenvalue weighted by Gasteiger charge is 2.28. The smallest absolute Gasteiger partial charge is 0.242 e. The molecular weight excluding hydrogens is 264 g/mol. The number of rotatable bonds is 3. The number of piperazine rings is 1. The van der Waals surface area contributed by atoms with Crippen molar-refractivity contribution in [1.82, 2.24) is 15.6 Å². The first-order valence-electron chi connectivity index (χ1n) is 7.28. The number of para-hydroxylation sites is 1. The number of anilines is 1. The van der Waals surface area contributed by atoms with Crippen LogP contribution in [0.25, 0.3) is 10.9 Å². The summed E-state index contributed by atoms with van der Waals surface area (Å²) in [7, 11) is 1.92. The molecule has 0 saturated carbocycles. The predicted molar refractivity (Wildman–Crippen MR) is 84.3 cm³/mol. The van der Waals surface area contributed by atoms with Gasteiger partial charge in [0.15, 0.2) is 0 Å². The van der Waals surface area contributed by atoms with Crippen LogP contribution in [0.5, 0.6) is 0 Å². The van der Waals surface area contributed by atoms with Crippen LogP contribution in [0.2, 0.25) is 0 Å². The quantitative estimate of drug-likeness (QED) is 0.891. The molecule has 5 heteroatoms. The molecule has 1 amide bonds. The van der Waals surface area contributed by atoms with Gasteiger partial charge in [0, 0.05) is 30.6 Å². The van der Waals surface area contributed by atoms with Crippen molar-refractivity contribution >= 4 is 22.6 Å². The summed E-state index contributed by atoms with van der Waals surface area (Å²) in [4.78, 5) is 18.8. The minimum atomic E-state index is -0.192. The Labute approximate surface area is 124 Å². The molecule has 1 saturated heterocycles. The average molecular weight is 284 g/mol. The minimum Gasteiger partial charge on any atom is -0.353 e. The second-order valence-electron chi connectivity index (χ2n) is 5.35. The minimum absolute atomic E-state index is 0.0617. The fraction of sp³-hybridized carbons (Fsp3) is 0.375. The van der Waals surface area contributed by atoms with Crippen molar-refractivity contribution in [3.8, 4) is 0 Å². The van der Waals surface area contributed by atoms with Crippen molar-refractivity contribution in [2.75, 3.05) is 25.0 Å². The zero-order chi connectivity index (χ0) is 14.8. The number of benzene rings is 1. The Balaban J connectivity index is 2.10. The van der Waals surface area contributed by atoms with Crippen LogP contribution in [0.3, 0.4) is 0 Å². The second-order valence-corrected chi connectivity index (χ2v) is 5.35. The van der Waals surface area contributed by atoms with E-state index in [1.54, 1.807) is 0 Å². The van der Waals surface area contributed by atoms with Crippen molar-refractivity contribution in [3.05, 3.63) is 35.9 Å². The number of amides is 1. The third kappa shape index (κ3) is 2.56. The lowest BCUT2D eigenvalue weighted by Crippen LogP contribution is -2.54. The Morgan fingerprint density at radius 2 is 2.24 bits per heavy atom. The molecule has 2 N–H and O–H groups in total. The maximum atomic E-state index is 11.9. The van der Waals surface area contributed by atoms with E-state index < -0.39 is 0 Å². The molecule has 0 aliphatic carbocycles. The zero-order valence-corrected chi connectivity index (χ0v) is 12.4. The van der Waals surface area contributed by atoms with Crippen molar-refractivity contribution in [2.24, 2.45) is 0 Å². The number of pyridine rings is 1. The summed E-state index contributed by atoms with van der Waals surface area (Å²) < 4.78 is 0. The lowest BCUT2D eigenvalue weighted by molar-refractivity contribution is -0.122. The van der Waals surface area contributed by atoms with Gasteiger partial charge in [-0.25, -0.2) is 4.98 Å². The van der Waals surface area contributed by atoms with Gasteiger partial charge in [-0.15, -0.1) is 0 Å². The first-order chi connectivity index (χ1) is 10.2. The SMILES string of the molecule is CNCc1cc2ccccc2nc1N1CCNC(=O)C1C. The van der Waals surface area contributed by atoms with E-state index in [1.807, 2.05) is 32.2 Å². The van der Waals surface area contributed by atoms with Crippen LogP contribution >= 0.6 is 0 Å². The number of hydrogen-bond donors (Lipinski definition) is 2. The molecule has 2 heterocycles. The van der Waals surface area contributed by atoms with Crippen molar-refractivity contribution in [1.29, 1.82) is 0 Å². The van der Waals surface area contributed by atoms with Gasteiger partial charge >= 0.3 is 0 Å². The number of carbonyl (C=O) groups excluding carboxylic acids is 1. The van der Waals surface area contributed by atoms with Crippen molar-refractivity contribution < 1.29 is 4.79 Å². The Hall–Kier alpha value is -2.14. The summed E-state index contributed by atoms with van der Waals surface area (Å²) in [5.41, 5.74) is 2.09. The summed E-state index contributed by atoms with van der Waals surface area (Å²) in [6.45, 7) is 4.11. The van der Waals surface area contributed by atoms with E-state index >= 15 is 0 Å². The van der Waals surface area contributed by atoms with E-state index in [2.05, 4.69) is 27.7 Å². The Kier molecular flexibility index (Phi) is 3.75. The molecule has 1 aliphatic heterocycles. The number of aromatic nitrogens is 1. The van der Waals surface area contributed by atoms with E-state index in [-0.39, 0.29) is 11.9 Å². The largest absolute Gasteiger partial charge is 0.353 e. The van der Waals surface area contributed by atoms with Crippen LogP contribution in [0, 0.1) is 0 Å². The zero-order valence-electron chi connectivity index (χ0n) is 12.4. The van der Waals surface area contributed by atoms with Gasteiger partial charge in [-0.1, -0.05) is 18.2 Å². The van der Waals surface area contributed by atoms with Crippen LogP contribution in [-0.2, 0) is 11.3 Å². The predicted octanol–water partition coefficient (Wildman–Crippen LogP) is 1.28. The molecule has 110 valence electrons. The molecular formula is C16H20N4O. The van der Waals surface area contributed by atoms with Gasteiger partial charge in [0.05, 0.1) is 5.52 Å². The molecule has 5 nitrogen and oxygen atoms in total. The molecule has 21 heavy (non-hydrogen) atoms.